The second-order valence-corrected chi connectivity index (χ2v) is 6.72. The Labute approximate surface area is 126 Å². The van der Waals surface area contributed by atoms with Crippen LogP contribution in [-0.2, 0) is 4.74 Å². The molecule has 2 unspecified atom stereocenters. The van der Waals surface area contributed by atoms with Gasteiger partial charge >= 0.3 is 6.09 Å². The highest BCUT2D eigenvalue weighted by Crippen LogP contribution is 2.24. The maximum atomic E-state index is 12.2. The van der Waals surface area contributed by atoms with Crippen LogP contribution in [0.2, 0.25) is 0 Å². The Morgan fingerprint density at radius 2 is 2.38 bits per heavy atom. The molecule has 6 nitrogen and oxygen atoms in total. The molecule has 6 heteroatoms. The maximum Gasteiger partial charge on any atom is 0.410 e. The lowest BCUT2D eigenvalue weighted by Gasteiger charge is -2.30. The van der Waals surface area contributed by atoms with E-state index in [-0.39, 0.29) is 18.2 Å². The number of amides is 1. The molecule has 2 atom stereocenters. The van der Waals surface area contributed by atoms with Crippen LogP contribution in [0.25, 0.3) is 0 Å². The maximum absolute atomic E-state index is 12.2. The van der Waals surface area contributed by atoms with Crippen LogP contribution in [0.1, 0.15) is 47.0 Å². The van der Waals surface area contributed by atoms with E-state index in [1.807, 2.05) is 25.7 Å². The molecule has 1 amide bonds. The summed E-state index contributed by atoms with van der Waals surface area (Å²) in [4.78, 5) is 21.1. The molecule has 1 aliphatic heterocycles. The fourth-order valence-electron chi connectivity index (χ4n) is 2.71. The van der Waals surface area contributed by atoms with Crippen molar-refractivity contribution in [1.82, 2.24) is 14.9 Å². The summed E-state index contributed by atoms with van der Waals surface area (Å²) in [5.74, 6) is 0.907. The van der Waals surface area contributed by atoms with E-state index in [0.29, 0.717) is 0 Å². The third kappa shape index (κ3) is 4.65. The minimum Gasteiger partial charge on any atom is -0.444 e. The molecule has 0 radical (unpaired) electrons. The lowest BCUT2D eigenvalue weighted by Crippen LogP contribution is -2.41. The molecule has 0 saturated carbocycles. The van der Waals surface area contributed by atoms with E-state index in [9.17, 15) is 4.79 Å². The molecule has 1 aromatic heterocycles. The summed E-state index contributed by atoms with van der Waals surface area (Å²) in [5, 5.41) is 3.36. The second kappa shape index (κ2) is 6.37. The number of anilines is 1. The minimum atomic E-state index is -0.440. The summed E-state index contributed by atoms with van der Waals surface area (Å²) in [6, 6.07) is 0.503. The number of carbonyl (C=O) groups excluding carboxylic acids is 1. The molecule has 2 rings (SSSR count). The molecule has 118 valence electrons. The van der Waals surface area contributed by atoms with E-state index in [4.69, 9.17) is 4.74 Å². The van der Waals surface area contributed by atoms with Gasteiger partial charge in [0.1, 0.15) is 11.4 Å². The number of nitrogens with one attached hydrogen (secondary N) is 2. The lowest BCUT2D eigenvalue weighted by atomic mass is 10.1. The number of rotatable bonds is 4. The van der Waals surface area contributed by atoms with Crippen LogP contribution in [-0.4, -0.2) is 45.2 Å². The first-order valence-corrected chi connectivity index (χ1v) is 7.59. The third-order valence-electron chi connectivity index (χ3n) is 3.53. The number of aromatic amines is 1. The van der Waals surface area contributed by atoms with E-state index in [1.165, 1.54) is 0 Å². The molecule has 1 saturated heterocycles. The van der Waals surface area contributed by atoms with Gasteiger partial charge < -0.3 is 19.9 Å². The van der Waals surface area contributed by atoms with Gasteiger partial charge in [-0.25, -0.2) is 9.78 Å². The SMILES string of the molecule is CC(CC1CCCN1C(=O)OC(C)(C)C)Nc1cnc[nH]1. The van der Waals surface area contributed by atoms with Gasteiger partial charge in [0.2, 0.25) is 0 Å². The zero-order chi connectivity index (χ0) is 15.5. The molecular formula is C15H26N4O2. The number of ether oxygens (including phenoxy) is 1. The standard InChI is InChI=1S/C15H26N4O2/c1-11(18-13-9-16-10-17-13)8-12-6-5-7-19(12)14(20)21-15(2,3)4/h9-12,18H,5-8H2,1-4H3,(H,16,17). The first kappa shape index (κ1) is 15.7. The van der Waals surface area contributed by atoms with Gasteiger partial charge in [-0.1, -0.05) is 0 Å². The normalized spacial score (nSPS) is 20.4. The highest BCUT2D eigenvalue weighted by atomic mass is 16.6. The molecule has 1 aromatic rings. The fraction of sp³-hybridized carbons (Fsp3) is 0.733. The van der Waals surface area contributed by atoms with Crippen LogP contribution in [0.5, 0.6) is 0 Å². The van der Waals surface area contributed by atoms with E-state index in [1.54, 1.807) is 12.5 Å². The Morgan fingerprint density at radius 3 is 3.00 bits per heavy atom. The fourth-order valence-corrected chi connectivity index (χ4v) is 2.71. The minimum absolute atomic E-state index is 0.196. The molecule has 2 heterocycles. The second-order valence-electron chi connectivity index (χ2n) is 6.72. The molecule has 0 spiro atoms. The molecule has 0 aromatic carbocycles. The number of aromatic nitrogens is 2. The summed E-state index contributed by atoms with van der Waals surface area (Å²) in [6.45, 7) is 8.61. The molecule has 1 aliphatic rings. The van der Waals surface area contributed by atoms with Crippen molar-refractivity contribution in [3.63, 3.8) is 0 Å². The highest BCUT2D eigenvalue weighted by Gasteiger charge is 2.32. The van der Waals surface area contributed by atoms with Crippen molar-refractivity contribution in [3.05, 3.63) is 12.5 Å². The number of H-pyrrole nitrogens is 1. The van der Waals surface area contributed by atoms with Crippen LogP contribution in [0.15, 0.2) is 12.5 Å². The van der Waals surface area contributed by atoms with Crippen molar-refractivity contribution in [2.75, 3.05) is 11.9 Å². The van der Waals surface area contributed by atoms with Crippen molar-refractivity contribution in [1.29, 1.82) is 0 Å². The molecule has 21 heavy (non-hydrogen) atoms. The van der Waals surface area contributed by atoms with Crippen molar-refractivity contribution in [2.45, 2.75) is 64.6 Å². The number of carbonyl (C=O) groups is 1. The Hall–Kier alpha value is -1.72. The van der Waals surface area contributed by atoms with Gasteiger partial charge in [0.15, 0.2) is 0 Å². The van der Waals surface area contributed by atoms with Crippen molar-refractivity contribution in [2.24, 2.45) is 0 Å². The Morgan fingerprint density at radius 1 is 1.62 bits per heavy atom. The summed E-state index contributed by atoms with van der Waals surface area (Å²) in [7, 11) is 0. The summed E-state index contributed by atoms with van der Waals surface area (Å²) in [5.41, 5.74) is -0.440. The molecule has 2 N–H and O–H groups in total. The number of imidazole rings is 1. The van der Waals surface area contributed by atoms with Gasteiger partial charge in [0.05, 0.1) is 12.5 Å². The van der Waals surface area contributed by atoms with Crippen molar-refractivity contribution in [3.8, 4) is 0 Å². The quantitative estimate of drug-likeness (QED) is 0.895. The van der Waals surface area contributed by atoms with E-state index >= 15 is 0 Å². The first-order chi connectivity index (χ1) is 9.85. The Kier molecular flexibility index (Phi) is 4.75. The highest BCUT2D eigenvalue weighted by molar-refractivity contribution is 5.69. The molecular weight excluding hydrogens is 268 g/mol. The van der Waals surface area contributed by atoms with Crippen LogP contribution in [0, 0.1) is 0 Å². The van der Waals surface area contributed by atoms with Gasteiger partial charge in [-0.15, -0.1) is 0 Å². The van der Waals surface area contributed by atoms with Gasteiger partial charge in [0.25, 0.3) is 0 Å². The number of hydrogen-bond donors (Lipinski definition) is 2. The molecule has 1 fully saturated rings. The van der Waals surface area contributed by atoms with E-state index in [2.05, 4.69) is 22.2 Å². The van der Waals surface area contributed by atoms with Crippen LogP contribution in [0.4, 0.5) is 10.6 Å². The number of hydrogen-bond acceptors (Lipinski definition) is 4. The average Bonchev–Trinajstić information content (AvgIpc) is 2.97. The topological polar surface area (TPSA) is 70.2 Å². The number of nitrogens with zero attached hydrogens (tertiary/aromatic N) is 2. The predicted molar refractivity (Wildman–Crippen MR) is 82.3 cm³/mol. The predicted octanol–water partition coefficient (Wildman–Crippen LogP) is 3.00. The largest absolute Gasteiger partial charge is 0.444 e. The van der Waals surface area contributed by atoms with Crippen LogP contribution >= 0.6 is 0 Å². The van der Waals surface area contributed by atoms with Crippen LogP contribution in [0.3, 0.4) is 0 Å². The Balaban J connectivity index is 1.88. The first-order valence-electron chi connectivity index (χ1n) is 7.59. The third-order valence-corrected chi connectivity index (χ3v) is 3.53. The van der Waals surface area contributed by atoms with Gasteiger partial charge in [-0.05, 0) is 47.0 Å². The van der Waals surface area contributed by atoms with E-state index in [0.717, 1.165) is 31.6 Å². The smallest absolute Gasteiger partial charge is 0.410 e. The van der Waals surface area contributed by atoms with E-state index < -0.39 is 5.60 Å². The van der Waals surface area contributed by atoms with Crippen LogP contribution < -0.4 is 5.32 Å². The zero-order valence-electron chi connectivity index (χ0n) is 13.3. The summed E-state index contributed by atoms with van der Waals surface area (Å²) < 4.78 is 5.49. The molecule has 0 bridgehead atoms. The zero-order valence-corrected chi connectivity index (χ0v) is 13.3. The van der Waals surface area contributed by atoms with Crippen molar-refractivity contribution >= 4 is 11.9 Å². The number of likely N-dealkylation sites (tertiary alicyclic amines) is 1. The van der Waals surface area contributed by atoms with Gasteiger partial charge in [-0.2, -0.15) is 0 Å². The summed E-state index contributed by atoms with van der Waals surface area (Å²) >= 11 is 0. The lowest BCUT2D eigenvalue weighted by molar-refractivity contribution is 0.0218. The monoisotopic (exact) mass is 294 g/mol. The Bertz CT molecular complexity index is 453. The summed E-state index contributed by atoms with van der Waals surface area (Å²) in [6.07, 6.45) is 6.19. The van der Waals surface area contributed by atoms with Gasteiger partial charge in [0, 0.05) is 18.6 Å². The van der Waals surface area contributed by atoms with Gasteiger partial charge in [-0.3, -0.25) is 0 Å². The molecule has 0 aliphatic carbocycles. The van der Waals surface area contributed by atoms with Crippen molar-refractivity contribution < 1.29 is 9.53 Å². The average molecular weight is 294 g/mol.